The number of methoxy groups -OCH3 is 1. The van der Waals surface area contributed by atoms with Crippen molar-refractivity contribution < 1.29 is 14.3 Å². The van der Waals surface area contributed by atoms with E-state index in [1.807, 2.05) is 37.3 Å². The van der Waals surface area contributed by atoms with Gasteiger partial charge in [0.2, 0.25) is 11.8 Å². The molecule has 2 rings (SSSR count). The lowest BCUT2D eigenvalue weighted by Crippen LogP contribution is -2.61. The second-order valence-electron chi connectivity index (χ2n) is 5.29. The highest BCUT2D eigenvalue weighted by Gasteiger charge is 2.35. The van der Waals surface area contributed by atoms with Crippen molar-refractivity contribution in [3.05, 3.63) is 35.9 Å². The average Bonchev–Trinajstić information content (AvgIpc) is 2.49. The van der Waals surface area contributed by atoms with Crippen molar-refractivity contribution in [3.63, 3.8) is 0 Å². The van der Waals surface area contributed by atoms with Crippen molar-refractivity contribution in [2.24, 2.45) is 0 Å². The molecule has 2 atom stereocenters. The Morgan fingerprint density at radius 3 is 2.67 bits per heavy atom. The van der Waals surface area contributed by atoms with Gasteiger partial charge in [0.25, 0.3) is 0 Å². The summed E-state index contributed by atoms with van der Waals surface area (Å²) < 4.78 is 5.16. The van der Waals surface area contributed by atoms with Crippen LogP contribution in [0.15, 0.2) is 30.3 Å². The van der Waals surface area contributed by atoms with Crippen molar-refractivity contribution in [1.29, 1.82) is 0 Å². The molecule has 0 aliphatic carbocycles. The normalized spacial score (nSPS) is 20.3. The van der Waals surface area contributed by atoms with Gasteiger partial charge in [0.05, 0.1) is 19.2 Å². The van der Waals surface area contributed by atoms with Crippen LogP contribution in [0.1, 0.15) is 18.9 Å². The highest BCUT2D eigenvalue weighted by atomic mass is 16.5. The van der Waals surface area contributed by atoms with Gasteiger partial charge in [0, 0.05) is 13.5 Å². The van der Waals surface area contributed by atoms with Crippen LogP contribution in [0.5, 0.6) is 0 Å². The maximum atomic E-state index is 12.6. The van der Waals surface area contributed by atoms with Gasteiger partial charge < -0.3 is 15.0 Å². The molecular formula is C16H22N2O3. The van der Waals surface area contributed by atoms with Crippen LogP contribution in [0, 0.1) is 0 Å². The Labute approximate surface area is 125 Å². The Kier molecular flexibility index (Phi) is 5.33. The molecule has 21 heavy (non-hydrogen) atoms. The number of carbonyl (C=O) groups excluding carboxylic acids is 2. The summed E-state index contributed by atoms with van der Waals surface area (Å²) in [5.41, 5.74) is 1.04. The van der Waals surface area contributed by atoms with Gasteiger partial charge >= 0.3 is 0 Å². The van der Waals surface area contributed by atoms with E-state index in [0.717, 1.165) is 12.0 Å². The lowest BCUT2D eigenvalue weighted by molar-refractivity contribution is -0.147. The number of ether oxygens (including phenoxy) is 1. The largest absolute Gasteiger partial charge is 0.383 e. The molecule has 1 saturated heterocycles. The molecule has 0 radical (unpaired) electrons. The summed E-state index contributed by atoms with van der Waals surface area (Å²) in [4.78, 5) is 26.2. The first-order valence-corrected chi connectivity index (χ1v) is 7.28. The van der Waals surface area contributed by atoms with E-state index in [1.165, 1.54) is 0 Å². The molecule has 1 aromatic carbocycles. The van der Waals surface area contributed by atoms with Crippen molar-refractivity contribution >= 4 is 11.8 Å². The fourth-order valence-corrected chi connectivity index (χ4v) is 2.65. The van der Waals surface area contributed by atoms with E-state index in [0.29, 0.717) is 13.0 Å². The zero-order chi connectivity index (χ0) is 15.2. The second kappa shape index (κ2) is 7.22. The van der Waals surface area contributed by atoms with Crippen molar-refractivity contribution in [2.75, 3.05) is 20.3 Å². The fraction of sp³-hybridized carbons (Fsp3) is 0.500. The quantitative estimate of drug-likeness (QED) is 0.849. The number of hydrogen-bond acceptors (Lipinski definition) is 3. The lowest BCUT2D eigenvalue weighted by Gasteiger charge is -2.37. The molecule has 1 aliphatic heterocycles. The van der Waals surface area contributed by atoms with E-state index < -0.39 is 6.04 Å². The third kappa shape index (κ3) is 3.82. The molecule has 114 valence electrons. The Hall–Kier alpha value is -1.88. The Balaban J connectivity index is 2.11. The number of amides is 2. The number of carbonyl (C=O) groups is 2. The topological polar surface area (TPSA) is 58.6 Å². The fourth-order valence-electron chi connectivity index (χ4n) is 2.65. The molecule has 1 aromatic rings. The molecule has 5 nitrogen and oxygen atoms in total. The molecule has 0 spiro atoms. The van der Waals surface area contributed by atoms with Crippen molar-refractivity contribution in [2.45, 2.75) is 31.8 Å². The molecule has 1 heterocycles. The molecule has 5 heteroatoms. The standard InChI is InChI=1S/C16H22N2O3/c1-3-13(11-21-2)18-10-15(19)17-14(16(18)20)9-12-7-5-4-6-8-12/h4-8,13-14H,3,9-11H2,1-2H3,(H,17,19). The second-order valence-corrected chi connectivity index (χ2v) is 5.29. The summed E-state index contributed by atoms with van der Waals surface area (Å²) >= 11 is 0. The Morgan fingerprint density at radius 2 is 2.05 bits per heavy atom. The molecule has 2 amide bonds. The van der Waals surface area contributed by atoms with Crippen LogP contribution in [-0.2, 0) is 20.7 Å². The minimum absolute atomic E-state index is 0.0256. The summed E-state index contributed by atoms with van der Waals surface area (Å²) in [6.07, 6.45) is 1.29. The molecule has 1 N–H and O–H groups in total. The van der Waals surface area contributed by atoms with Gasteiger partial charge in [-0.3, -0.25) is 9.59 Å². The van der Waals surface area contributed by atoms with Crippen LogP contribution in [0.25, 0.3) is 0 Å². The molecule has 0 aromatic heterocycles. The van der Waals surface area contributed by atoms with Gasteiger partial charge in [-0.25, -0.2) is 0 Å². The predicted molar refractivity (Wildman–Crippen MR) is 79.7 cm³/mol. The van der Waals surface area contributed by atoms with Gasteiger partial charge in [-0.2, -0.15) is 0 Å². The first-order valence-electron chi connectivity index (χ1n) is 7.28. The number of nitrogens with one attached hydrogen (secondary N) is 1. The molecule has 1 aliphatic rings. The summed E-state index contributed by atoms with van der Waals surface area (Å²) in [7, 11) is 1.61. The smallest absolute Gasteiger partial charge is 0.246 e. The van der Waals surface area contributed by atoms with Crippen LogP contribution < -0.4 is 5.32 Å². The van der Waals surface area contributed by atoms with Crippen LogP contribution >= 0.6 is 0 Å². The third-order valence-electron chi connectivity index (χ3n) is 3.78. The number of benzene rings is 1. The van der Waals surface area contributed by atoms with Crippen LogP contribution in [-0.4, -0.2) is 49.1 Å². The maximum absolute atomic E-state index is 12.6. The van der Waals surface area contributed by atoms with Crippen LogP contribution in [0.3, 0.4) is 0 Å². The number of piperazine rings is 1. The molecule has 0 bridgehead atoms. The monoisotopic (exact) mass is 290 g/mol. The lowest BCUT2D eigenvalue weighted by atomic mass is 10.0. The van der Waals surface area contributed by atoms with Crippen molar-refractivity contribution in [3.8, 4) is 0 Å². The average molecular weight is 290 g/mol. The van der Waals surface area contributed by atoms with Gasteiger partial charge in [0.1, 0.15) is 6.04 Å². The highest BCUT2D eigenvalue weighted by molar-refractivity contribution is 5.95. The Bertz CT molecular complexity index is 490. The minimum Gasteiger partial charge on any atom is -0.383 e. The van der Waals surface area contributed by atoms with E-state index in [2.05, 4.69) is 5.32 Å². The summed E-state index contributed by atoms with van der Waals surface area (Å²) in [6, 6.07) is 9.19. The van der Waals surface area contributed by atoms with E-state index in [9.17, 15) is 9.59 Å². The molecular weight excluding hydrogens is 268 g/mol. The highest BCUT2D eigenvalue weighted by Crippen LogP contribution is 2.14. The van der Waals surface area contributed by atoms with Gasteiger partial charge in [-0.1, -0.05) is 37.3 Å². The Morgan fingerprint density at radius 1 is 1.33 bits per heavy atom. The van der Waals surface area contributed by atoms with Gasteiger partial charge in [0.15, 0.2) is 0 Å². The first kappa shape index (κ1) is 15.5. The predicted octanol–water partition coefficient (Wildman–Crippen LogP) is 0.981. The van der Waals surface area contributed by atoms with E-state index in [4.69, 9.17) is 4.74 Å². The van der Waals surface area contributed by atoms with Gasteiger partial charge in [-0.05, 0) is 12.0 Å². The maximum Gasteiger partial charge on any atom is 0.246 e. The summed E-state index contributed by atoms with van der Waals surface area (Å²) in [6.45, 7) is 2.56. The van der Waals surface area contributed by atoms with E-state index in [-0.39, 0.29) is 24.4 Å². The van der Waals surface area contributed by atoms with Crippen LogP contribution in [0.2, 0.25) is 0 Å². The van der Waals surface area contributed by atoms with E-state index in [1.54, 1.807) is 12.0 Å². The van der Waals surface area contributed by atoms with Gasteiger partial charge in [-0.15, -0.1) is 0 Å². The third-order valence-corrected chi connectivity index (χ3v) is 3.78. The SMILES string of the molecule is CCC(COC)N1CC(=O)NC(Cc2ccccc2)C1=O. The molecule has 0 saturated carbocycles. The summed E-state index contributed by atoms with van der Waals surface area (Å²) in [5, 5.41) is 2.79. The first-order chi connectivity index (χ1) is 10.2. The van der Waals surface area contributed by atoms with Crippen LogP contribution in [0.4, 0.5) is 0 Å². The number of hydrogen-bond donors (Lipinski definition) is 1. The molecule has 2 unspecified atom stereocenters. The van der Waals surface area contributed by atoms with Crippen molar-refractivity contribution in [1.82, 2.24) is 10.2 Å². The van der Waals surface area contributed by atoms with E-state index >= 15 is 0 Å². The molecule has 1 fully saturated rings. The minimum atomic E-state index is -0.487. The summed E-state index contributed by atoms with van der Waals surface area (Å²) in [5.74, 6) is -0.132. The zero-order valence-corrected chi connectivity index (χ0v) is 12.5. The zero-order valence-electron chi connectivity index (χ0n) is 12.5. The number of rotatable bonds is 6. The number of nitrogens with zero attached hydrogens (tertiary/aromatic N) is 1.